The van der Waals surface area contributed by atoms with Gasteiger partial charge in [-0.25, -0.2) is 14.4 Å². The Balaban J connectivity index is 1.69. The van der Waals surface area contributed by atoms with Crippen LogP contribution in [0.1, 0.15) is 17.9 Å². The van der Waals surface area contributed by atoms with Gasteiger partial charge in [0.1, 0.15) is 22.9 Å². The van der Waals surface area contributed by atoms with Crippen LogP contribution >= 0.6 is 0 Å². The van der Waals surface area contributed by atoms with Gasteiger partial charge in [0.15, 0.2) is 5.76 Å². The van der Waals surface area contributed by atoms with Crippen LogP contribution in [0.2, 0.25) is 0 Å². The summed E-state index contributed by atoms with van der Waals surface area (Å²) in [5.41, 5.74) is 11.3. The molecule has 3 rings (SSSR count). The number of aromatic nitrogens is 1. The van der Waals surface area contributed by atoms with Crippen molar-refractivity contribution in [1.29, 1.82) is 0 Å². The summed E-state index contributed by atoms with van der Waals surface area (Å²) in [4.78, 5) is 43.4. The monoisotopic (exact) mass is 490 g/mol. The van der Waals surface area contributed by atoms with Gasteiger partial charge in [-0.05, 0) is 24.5 Å². The van der Waals surface area contributed by atoms with Crippen molar-refractivity contribution in [2.75, 3.05) is 18.4 Å². The van der Waals surface area contributed by atoms with E-state index in [1.165, 1.54) is 25.9 Å². The summed E-state index contributed by atoms with van der Waals surface area (Å²) in [6.45, 7) is 2.84. The Hall–Kier alpha value is -3.02. The van der Waals surface area contributed by atoms with Crippen molar-refractivity contribution in [3.63, 3.8) is 0 Å². The molecule has 0 bridgehead atoms. The van der Waals surface area contributed by atoms with Gasteiger partial charge in [-0.1, -0.05) is 5.16 Å². The molecule has 3 heterocycles. The summed E-state index contributed by atoms with van der Waals surface area (Å²) in [7, 11) is -4.00. The molecule has 32 heavy (non-hydrogen) atoms. The molecule has 2 aliphatic heterocycles. The summed E-state index contributed by atoms with van der Waals surface area (Å²) in [5.74, 6) is -1.15. The van der Waals surface area contributed by atoms with Gasteiger partial charge in [0.2, 0.25) is 5.91 Å². The third-order valence-electron chi connectivity index (χ3n) is 4.60. The lowest BCUT2D eigenvalue weighted by Crippen LogP contribution is -2.69. The summed E-state index contributed by atoms with van der Waals surface area (Å²) < 4.78 is 37.2. The molecule has 3 atom stereocenters. The Morgan fingerprint density at radius 2 is 2.12 bits per heavy atom. The van der Waals surface area contributed by atoms with E-state index < -0.39 is 50.3 Å². The molecule has 0 radical (unpaired) electrons. The van der Waals surface area contributed by atoms with E-state index >= 15 is 0 Å². The normalized spacial score (nSPS) is 23.2. The van der Waals surface area contributed by atoms with Crippen LogP contribution in [0.4, 0.5) is 10.5 Å². The van der Waals surface area contributed by atoms with Gasteiger partial charge in [0.25, 0.3) is 5.91 Å². The minimum absolute atomic E-state index is 0.0799. The molecule has 6 N–H and O–H groups in total. The molecule has 0 aliphatic carbocycles. The van der Waals surface area contributed by atoms with E-state index in [9.17, 15) is 22.8 Å². The maximum absolute atomic E-state index is 12.7. The first-order valence-electron chi connectivity index (χ1n) is 9.03. The Morgan fingerprint density at radius 1 is 1.44 bits per heavy atom. The van der Waals surface area contributed by atoms with Crippen molar-refractivity contribution in [3.8, 4) is 0 Å². The number of hydrogen-bond donors (Lipinski definition) is 4. The number of carbonyl (C=O) groups excluding carboxylic acids is 3. The number of imide groups is 1. The summed E-state index contributed by atoms with van der Waals surface area (Å²) in [6, 6.07) is -2.05. The molecule has 0 spiro atoms. The number of aryl methyl sites for hydroxylation is 2. The fraction of sp³-hybridized carbons (Fsp3) is 0.467. The summed E-state index contributed by atoms with van der Waals surface area (Å²) in [6.07, 6.45) is -0.192. The zero-order chi connectivity index (χ0) is 23.8. The molecule has 176 valence electrons. The smallest absolute Gasteiger partial charge is 0.339 e. The van der Waals surface area contributed by atoms with Crippen LogP contribution in [0.25, 0.3) is 0 Å². The van der Waals surface area contributed by atoms with Crippen molar-refractivity contribution in [1.82, 2.24) is 19.7 Å². The maximum atomic E-state index is 12.7. The number of rotatable bonds is 7. The Kier molecular flexibility index (Phi) is 6.54. The third-order valence-corrected chi connectivity index (χ3v) is 7.08. The van der Waals surface area contributed by atoms with Gasteiger partial charge >= 0.3 is 16.2 Å². The average Bonchev–Trinajstić information content (AvgIpc) is 3.14. The molecule has 15 nitrogen and oxygen atoms in total. The molecule has 1 saturated heterocycles. The molecule has 17 heteroatoms. The second kappa shape index (κ2) is 8.85. The standard InChI is InChI=1S/C15H22N8O7S2/c1-7-12(8(2)30-18-7)19-32(27,28)20-15(26)22-5-10(13(22)25)23-9(4-11(16)24)6-31(14(23)17)21-29-3/h6,10,14,19H,4-5,17H2,1-3H3,(H2,16,24)(H,20,26). The highest BCUT2D eigenvalue weighted by molar-refractivity contribution is 7.91. The van der Waals surface area contributed by atoms with E-state index in [0.717, 1.165) is 0 Å². The Morgan fingerprint density at radius 3 is 2.66 bits per heavy atom. The number of hydrogen-bond acceptors (Lipinski definition) is 11. The summed E-state index contributed by atoms with van der Waals surface area (Å²) >= 11 is 0. The first-order valence-corrected chi connectivity index (χ1v) is 11.8. The average molecular weight is 491 g/mol. The molecular formula is C15H22N8O7S2. The second-order valence-corrected chi connectivity index (χ2v) is 9.81. The topological polar surface area (TPSA) is 216 Å². The maximum Gasteiger partial charge on any atom is 0.339 e. The number of urea groups is 1. The second-order valence-electron chi connectivity index (χ2n) is 6.83. The van der Waals surface area contributed by atoms with Crippen LogP contribution in [0.3, 0.4) is 0 Å². The molecule has 1 fully saturated rings. The van der Waals surface area contributed by atoms with Crippen molar-refractivity contribution in [2.24, 2.45) is 16.0 Å². The van der Waals surface area contributed by atoms with Gasteiger partial charge in [-0.2, -0.15) is 8.42 Å². The number of nitrogens with zero attached hydrogens (tertiary/aromatic N) is 4. The van der Waals surface area contributed by atoms with Crippen LogP contribution in [0.15, 0.2) is 20.2 Å². The lowest BCUT2D eigenvalue weighted by Gasteiger charge is -2.44. The minimum Gasteiger partial charge on any atom is -0.369 e. The third kappa shape index (κ3) is 4.59. The quantitative estimate of drug-likeness (QED) is 0.256. The number of β-lactam (4-membered cyclic amide) rings is 1. The zero-order valence-corrected chi connectivity index (χ0v) is 18.9. The van der Waals surface area contributed by atoms with Gasteiger partial charge < -0.3 is 20.9 Å². The van der Waals surface area contributed by atoms with Crippen molar-refractivity contribution in [3.05, 3.63) is 22.6 Å². The number of amides is 4. The SMILES string of the molecule is CO/N=S1/C=C(CC(N)=O)N(C2CN(C(=O)NS(=O)(=O)Nc3c(C)noc3C)C2=O)C1N. The zero-order valence-electron chi connectivity index (χ0n) is 17.3. The molecule has 4 amide bonds. The molecule has 0 aromatic carbocycles. The van der Waals surface area contributed by atoms with Crippen LogP contribution in [-0.4, -0.2) is 66.4 Å². The molecule has 1 aromatic heterocycles. The van der Waals surface area contributed by atoms with E-state index in [0.29, 0.717) is 10.6 Å². The van der Waals surface area contributed by atoms with Crippen LogP contribution in [-0.2, 0) is 35.3 Å². The van der Waals surface area contributed by atoms with Crippen LogP contribution in [0, 0.1) is 13.8 Å². The van der Waals surface area contributed by atoms with E-state index in [4.69, 9.17) is 20.8 Å². The van der Waals surface area contributed by atoms with Gasteiger partial charge in [-0.15, -0.1) is 4.53 Å². The highest BCUT2D eigenvalue weighted by atomic mass is 32.2. The first kappa shape index (κ1) is 23.6. The molecule has 0 saturated carbocycles. The molecule has 2 aliphatic rings. The van der Waals surface area contributed by atoms with E-state index in [1.54, 1.807) is 10.1 Å². The number of nitrogens with two attached hydrogens (primary N) is 2. The highest BCUT2D eigenvalue weighted by Crippen LogP contribution is 2.31. The van der Waals surface area contributed by atoms with Crippen molar-refractivity contribution < 1.29 is 32.2 Å². The lowest BCUT2D eigenvalue weighted by atomic mass is 10.1. The predicted octanol–water partition coefficient (Wildman–Crippen LogP) is -1.49. The minimum atomic E-state index is -4.37. The first-order chi connectivity index (χ1) is 14.9. The Labute approximate surface area is 185 Å². The van der Waals surface area contributed by atoms with E-state index in [-0.39, 0.29) is 30.1 Å². The van der Waals surface area contributed by atoms with Crippen molar-refractivity contribution in [2.45, 2.75) is 31.8 Å². The Bertz CT molecular complexity index is 1110. The number of anilines is 1. The largest absolute Gasteiger partial charge is 0.369 e. The number of nitrogens with one attached hydrogen (secondary N) is 2. The fourth-order valence-corrected chi connectivity index (χ4v) is 5.54. The van der Waals surface area contributed by atoms with Crippen molar-refractivity contribution >= 4 is 44.4 Å². The molecule has 3 unspecified atom stereocenters. The van der Waals surface area contributed by atoms with Gasteiger partial charge in [0, 0.05) is 11.1 Å². The lowest BCUT2D eigenvalue weighted by molar-refractivity contribution is -0.144. The van der Waals surface area contributed by atoms with Crippen LogP contribution < -0.4 is 20.9 Å². The highest BCUT2D eigenvalue weighted by Gasteiger charge is 2.49. The molecule has 1 aromatic rings. The number of primary amides is 1. The van der Waals surface area contributed by atoms with E-state index in [1.807, 2.05) is 0 Å². The predicted molar refractivity (Wildman–Crippen MR) is 111 cm³/mol. The van der Waals surface area contributed by atoms with Gasteiger partial charge in [-0.3, -0.25) is 19.2 Å². The summed E-state index contributed by atoms with van der Waals surface area (Å²) in [5, 5.41) is 5.19. The fourth-order valence-electron chi connectivity index (χ4n) is 3.15. The molecular weight excluding hydrogens is 468 g/mol. The number of carbonyl (C=O) groups is 3. The van der Waals surface area contributed by atoms with Gasteiger partial charge in [0.05, 0.1) is 20.1 Å². The van der Waals surface area contributed by atoms with E-state index in [2.05, 4.69) is 14.4 Å². The number of likely N-dealkylation sites (tertiary alicyclic amines) is 1. The van der Waals surface area contributed by atoms with Crippen LogP contribution in [0.5, 0.6) is 0 Å².